The van der Waals surface area contributed by atoms with Crippen LogP contribution in [0.25, 0.3) is 0 Å². The fourth-order valence-corrected chi connectivity index (χ4v) is 9.09. The first-order valence-corrected chi connectivity index (χ1v) is 16.1. The van der Waals surface area contributed by atoms with Gasteiger partial charge in [-0.3, -0.25) is 19.7 Å². The Labute approximate surface area is 260 Å². The summed E-state index contributed by atoms with van der Waals surface area (Å²) in [5.74, 6) is 2.80. The van der Waals surface area contributed by atoms with Crippen molar-refractivity contribution in [2.24, 2.45) is 17.8 Å². The number of hydrogen-bond acceptors (Lipinski definition) is 9. The van der Waals surface area contributed by atoms with E-state index in [1.807, 2.05) is 66.9 Å². The van der Waals surface area contributed by atoms with Gasteiger partial charge in [-0.05, 0) is 62.6 Å². The van der Waals surface area contributed by atoms with Gasteiger partial charge >= 0.3 is 4.87 Å². The molecule has 2 saturated carbocycles. The molecule has 0 spiro atoms. The second-order valence-corrected chi connectivity index (χ2v) is 13.4. The molecule has 12 heteroatoms. The third-order valence-electron chi connectivity index (χ3n) is 8.60. The summed E-state index contributed by atoms with van der Waals surface area (Å²) in [6.07, 6.45) is 6.15. The van der Waals surface area contributed by atoms with Crippen LogP contribution in [0.1, 0.15) is 24.1 Å². The number of rotatable bonds is 4. The Morgan fingerprint density at radius 3 is 2.28 bits per heavy atom. The summed E-state index contributed by atoms with van der Waals surface area (Å²) in [6.45, 7) is 5.29. The molecule has 3 heterocycles. The molecule has 230 valence electrons. The number of nitrogens with one attached hydrogen (secondary N) is 1. The number of nitrogens with zero attached hydrogens (tertiary/aromatic N) is 4. The summed E-state index contributed by atoms with van der Waals surface area (Å²) in [5, 5.41) is 13.3. The third kappa shape index (κ3) is 7.92. The van der Waals surface area contributed by atoms with Crippen LogP contribution in [0.3, 0.4) is 0 Å². The van der Waals surface area contributed by atoms with E-state index in [2.05, 4.69) is 9.88 Å². The van der Waals surface area contributed by atoms with Crippen molar-refractivity contribution in [1.82, 2.24) is 9.88 Å². The van der Waals surface area contributed by atoms with Crippen molar-refractivity contribution in [3.8, 4) is 0 Å². The van der Waals surface area contributed by atoms with Crippen LogP contribution in [0, 0.1) is 27.9 Å². The summed E-state index contributed by atoms with van der Waals surface area (Å²) in [6, 6.07) is 16.9. The van der Waals surface area contributed by atoms with Gasteiger partial charge in [0.25, 0.3) is 5.69 Å². The van der Waals surface area contributed by atoms with Crippen molar-refractivity contribution in [2.45, 2.75) is 36.0 Å². The number of thiazole rings is 1. The lowest BCUT2D eigenvalue weighted by atomic mass is 9.85. The molecule has 7 rings (SSSR count). The number of carbonyl (C=O) groups is 2. The summed E-state index contributed by atoms with van der Waals surface area (Å²) in [7, 11) is 3.61. The van der Waals surface area contributed by atoms with Gasteiger partial charge in [0.05, 0.1) is 9.95 Å². The number of aromatic amines is 1. The van der Waals surface area contributed by atoms with Crippen LogP contribution in [0.5, 0.6) is 0 Å². The quantitative estimate of drug-likeness (QED) is 0.246. The van der Waals surface area contributed by atoms with Crippen molar-refractivity contribution < 1.29 is 14.5 Å². The minimum Gasteiger partial charge on any atom is -0.363 e. The zero-order valence-corrected chi connectivity index (χ0v) is 26.2. The molecule has 2 aliphatic carbocycles. The Kier molecular flexibility index (Phi) is 11.5. The molecule has 1 amide bonds. The summed E-state index contributed by atoms with van der Waals surface area (Å²) >= 11 is 3.40. The lowest BCUT2D eigenvalue weighted by Crippen LogP contribution is -2.44. The van der Waals surface area contributed by atoms with Gasteiger partial charge in [-0.2, -0.15) is 0 Å². The number of piperazine rings is 1. The number of nitro benzene ring substituents is 1. The minimum absolute atomic E-state index is 0.0424. The van der Waals surface area contributed by atoms with Crippen molar-refractivity contribution in [2.75, 3.05) is 50.1 Å². The summed E-state index contributed by atoms with van der Waals surface area (Å²) in [4.78, 5) is 50.9. The van der Waals surface area contributed by atoms with E-state index >= 15 is 0 Å². The highest BCUT2D eigenvalue weighted by molar-refractivity contribution is 8.00. The van der Waals surface area contributed by atoms with Crippen LogP contribution < -0.4 is 14.7 Å². The van der Waals surface area contributed by atoms with Gasteiger partial charge < -0.3 is 24.5 Å². The zero-order valence-electron chi connectivity index (χ0n) is 24.6. The number of H-pyrrole nitrogens is 1. The maximum Gasteiger partial charge on any atom is 0.305 e. The van der Waals surface area contributed by atoms with E-state index in [0.717, 1.165) is 49.2 Å². The highest BCUT2D eigenvalue weighted by Crippen LogP contribution is 2.58. The topological polar surface area (TPSA) is 120 Å². The summed E-state index contributed by atoms with van der Waals surface area (Å²) in [5.41, 5.74) is 1.18. The van der Waals surface area contributed by atoms with Gasteiger partial charge in [-0.1, -0.05) is 47.7 Å². The van der Waals surface area contributed by atoms with Crippen LogP contribution in [0.15, 0.2) is 64.4 Å². The van der Waals surface area contributed by atoms with Crippen LogP contribution in [-0.2, 0) is 16.0 Å². The van der Waals surface area contributed by atoms with Gasteiger partial charge in [-0.15, -0.1) is 11.8 Å². The third-order valence-corrected chi connectivity index (χ3v) is 11.2. The minimum atomic E-state index is -0.393. The van der Waals surface area contributed by atoms with Gasteiger partial charge in [0, 0.05) is 55.1 Å². The fraction of sp³-hybridized carbons (Fsp3) is 0.452. The summed E-state index contributed by atoms with van der Waals surface area (Å²) < 4.78 is 0. The van der Waals surface area contributed by atoms with E-state index in [9.17, 15) is 19.7 Å². The Morgan fingerprint density at radius 1 is 1.05 bits per heavy atom. The van der Waals surface area contributed by atoms with Gasteiger partial charge in [0.2, 0.25) is 6.41 Å². The standard InChI is InChI=1S/C13H18N4O3.C11H13NOS2.C6H6.CH2O/c1-14-5-7-16(8-6-14)12-4-3-11(15(2)10-18)9-13(12)17(19)20;13-11-12-10-8(14-11)4-7-5-1-2-6(3-5)9(7)15-10;1-2-4-6-5-3-1;1-2/h3-4,9-10H,5-8H2,1-2H3;5-7,9H,1-4H2,(H,12,13);1-6H;1H2/t;5-,6?,7+,9-;;/m.0../s1. The predicted octanol–water partition coefficient (Wildman–Crippen LogP) is 4.94. The monoisotopic (exact) mass is 625 g/mol. The molecular formula is C31H39N5O5S2. The number of thioether (sulfide) groups is 1. The highest BCUT2D eigenvalue weighted by Gasteiger charge is 2.50. The molecule has 4 atom stereocenters. The molecular weight excluding hydrogens is 587 g/mol. The van der Waals surface area contributed by atoms with Crippen LogP contribution in [-0.4, -0.2) is 73.5 Å². The molecule has 10 nitrogen and oxygen atoms in total. The fourth-order valence-electron chi connectivity index (χ4n) is 6.39. The second-order valence-electron chi connectivity index (χ2n) is 11.1. The zero-order chi connectivity index (χ0) is 30.9. The van der Waals surface area contributed by atoms with Crippen molar-refractivity contribution in [1.29, 1.82) is 0 Å². The number of hydrogen-bond donors (Lipinski definition) is 1. The largest absolute Gasteiger partial charge is 0.363 e. The molecule has 2 aromatic carbocycles. The predicted molar refractivity (Wildman–Crippen MR) is 173 cm³/mol. The molecule has 1 N–H and O–H groups in total. The maximum atomic E-state index is 11.3. The van der Waals surface area contributed by atoms with Crippen LogP contribution >= 0.6 is 23.1 Å². The smallest absolute Gasteiger partial charge is 0.305 e. The number of amides is 1. The van der Waals surface area contributed by atoms with E-state index in [1.54, 1.807) is 19.2 Å². The number of nitro groups is 1. The number of benzene rings is 2. The Morgan fingerprint density at radius 2 is 1.67 bits per heavy atom. The Balaban J connectivity index is 0.000000160. The SMILES string of the molecule is C=O.CN1CCN(c2ccc(N(C)C=O)cc2[N+](=O)[O-])CC1.O=c1[nH]c2c(s1)C[C@@H]1[C@H]3CCC(C3)[C@@H]1S2.c1ccccc1. The number of anilines is 2. The number of carbonyl (C=O) groups excluding carboxylic acids is 2. The number of aromatic nitrogens is 1. The molecule has 43 heavy (non-hydrogen) atoms. The molecule has 1 unspecified atom stereocenters. The van der Waals surface area contributed by atoms with Crippen LogP contribution in [0.2, 0.25) is 0 Å². The van der Waals surface area contributed by atoms with Gasteiger partial charge in [0.15, 0.2) is 0 Å². The van der Waals surface area contributed by atoms with E-state index in [4.69, 9.17) is 4.79 Å². The van der Waals surface area contributed by atoms with Crippen LogP contribution in [0.4, 0.5) is 17.1 Å². The van der Waals surface area contributed by atoms with E-state index < -0.39 is 4.92 Å². The van der Waals surface area contributed by atoms with Gasteiger partial charge in [-0.25, -0.2) is 0 Å². The van der Waals surface area contributed by atoms with Gasteiger partial charge in [0.1, 0.15) is 12.5 Å². The molecule has 2 aliphatic heterocycles. The first-order valence-electron chi connectivity index (χ1n) is 14.4. The average Bonchev–Trinajstić information content (AvgIpc) is 3.76. The molecule has 0 radical (unpaired) electrons. The normalized spacial score (nSPS) is 23.2. The molecule has 3 aromatic rings. The maximum absolute atomic E-state index is 11.3. The highest BCUT2D eigenvalue weighted by atomic mass is 32.2. The first-order chi connectivity index (χ1) is 20.8. The van der Waals surface area contributed by atoms with Crippen molar-refractivity contribution >= 4 is 53.4 Å². The second kappa shape index (κ2) is 15.3. The van der Waals surface area contributed by atoms with Crippen molar-refractivity contribution in [3.63, 3.8) is 0 Å². The lowest BCUT2D eigenvalue weighted by Gasteiger charge is -2.33. The average molecular weight is 626 g/mol. The lowest BCUT2D eigenvalue weighted by molar-refractivity contribution is -0.384. The van der Waals surface area contributed by atoms with E-state index in [-0.39, 0.29) is 10.6 Å². The molecule has 2 bridgehead atoms. The molecule has 1 aromatic heterocycles. The van der Waals surface area contributed by atoms with Crippen molar-refractivity contribution in [3.05, 3.63) is 79.3 Å². The molecule has 4 aliphatic rings. The Bertz CT molecular complexity index is 1340. The molecule has 3 fully saturated rings. The van der Waals surface area contributed by atoms with E-state index in [0.29, 0.717) is 17.8 Å². The first kappa shape index (κ1) is 32.4. The number of likely N-dealkylation sites (N-methyl/N-ethyl adjacent to an activating group) is 1. The Hall–Kier alpha value is -3.48. The molecule has 1 saturated heterocycles. The number of fused-ring (bicyclic) bond motifs is 6. The van der Waals surface area contributed by atoms with E-state index in [1.165, 1.54) is 57.9 Å².